The molecule has 0 saturated carbocycles. The van der Waals surface area contributed by atoms with Crippen molar-refractivity contribution < 1.29 is 14.4 Å². The van der Waals surface area contributed by atoms with Crippen LogP contribution in [0.3, 0.4) is 0 Å². The molecule has 1 atom stereocenters. The molecule has 1 saturated heterocycles. The molecule has 2 rings (SSSR count). The number of carbonyl (C=O) groups is 3. The van der Waals surface area contributed by atoms with Crippen LogP contribution >= 0.6 is 12.4 Å². The van der Waals surface area contributed by atoms with E-state index in [2.05, 4.69) is 10.6 Å². The van der Waals surface area contributed by atoms with Crippen molar-refractivity contribution in [3.63, 3.8) is 0 Å². The molecule has 1 aromatic carbocycles. The van der Waals surface area contributed by atoms with Crippen LogP contribution in [0, 0.1) is 0 Å². The predicted octanol–water partition coefficient (Wildman–Crippen LogP) is 0.555. The van der Waals surface area contributed by atoms with Gasteiger partial charge >= 0.3 is 6.03 Å². The van der Waals surface area contributed by atoms with Gasteiger partial charge in [0.15, 0.2) is 0 Å². The van der Waals surface area contributed by atoms with Crippen molar-refractivity contribution in [2.45, 2.75) is 25.4 Å². The van der Waals surface area contributed by atoms with E-state index in [0.717, 1.165) is 5.56 Å². The lowest BCUT2D eigenvalue weighted by Gasteiger charge is -2.27. The van der Waals surface area contributed by atoms with E-state index in [4.69, 9.17) is 5.73 Å². The fourth-order valence-corrected chi connectivity index (χ4v) is 2.20. The molecule has 0 aliphatic carbocycles. The van der Waals surface area contributed by atoms with Crippen LogP contribution in [0.1, 0.15) is 25.5 Å². The van der Waals surface area contributed by atoms with Crippen LogP contribution in [-0.4, -0.2) is 41.4 Å². The van der Waals surface area contributed by atoms with Gasteiger partial charge in [-0.3, -0.25) is 14.9 Å². The number of rotatable bonds is 5. The molecule has 23 heavy (non-hydrogen) atoms. The minimum Gasteiger partial charge on any atom is -0.353 e. The molecule has 0 spiro atoms. The van der Waals surface area contributed by atoms with Crippen molar-refractivity contribution in [3.8, 4) is 0 Å². The molecule has 0 radical (unpaired) electrons. The van der Waals surface area contributed by atoms with Gasteiger partial charge < -0.3 is 16.0 Å². The Morgan fingerprint density at radius 2 is 1.91 bits per heavy atom. The number of urea groups is 1. The molecule has 1 aromatic rings. The zero-order chi connectivity index (χ0) is 16.3. The Hall–Kier alpha value is -2.12. The smallest absolute Gasteiger partial charge is 0.325 e. The van der Waals surface area contributed by atoms with Gasteiger partial charge in [0.25, 0.3) is 5.91 Å². The highest BCUT2D eigenvalue weighted by Crippen LogP contribution is 2.20. The molecule has 8 heteroatoms. The van der Waals surface area contributed by atoms with Crippen LogP contribution in [0.2, 0.25) is 0 Å². The van der Waals surface area contributed by atoms with Crippen molar-refractivity contribution in [2.75, 3.05) is 13.1 Å². The standard InChI is InChI=1S/C15H20N4O3.ClH/c1-15(2)13(21)18-14(22)19(15)9-12(20)17-8-11(16)10-6-4-3-5-7-10;/h3-7,11H,8-9,16H2,1-2H3,(H,17,20)(H,18,21,22);1H. The predicted molar refractivity (Wildman–Crippen MR) is 88.0 cm³/mol. The van der Waals surface area contributed by atoms with Gasteiger partial charge in [-0.1, -0.05) is 30.3 Å². The maximum absolute atomic E-state index is 12.0. The Kier molecular flexibility index (Phi) is 6.12. The van der Waals surface area contributed by atoms with Gasteiger partial charge in [-0.25, -0.2) is 4.79 Å². The van der Waals surface area contributed by atoms with E-state index < -0.39 is 17.5 Å². The van der Waals surface area contributed by atoms with E-state index in [1.54, 1.807) is 13.8 Å². The first kappa shape index (κ1) is 18.9. The van der Waals surface area contributed by atoms with E-state index in [0.29, 0.717) is 0 Å². The summed E-state index contributed by atoms with van der Waals surface area (Å²) in [5.41, 5.74) is 5.87. The number of hydrogen-bond acceptors (Lipinski definition) is 4. The average Bonchev–Trinajstić information content (AvgIpc) is 2.68. The topological polar surface area (TPSA) is 105 Å². The maximum Gasteiger partial charge on any atom is 0.325 e. The molecule has 126 valence electrons. The van der Waals surface area contributed by atoms with Crippen molar-refractivity contribution >= 4 is 30.3 Å². The first-order valence-corrected chi connectivity index (χ1v) is 7.02. The van der Waals surface area contributed by atoms with Gasteiger partial charge in [0, 0.05) is 12.6 Å². The number of imide groups is 1. The lowest BCUT2D eigenvalue weighted by molar-refractivity contribution is -0.127. The van der Waals surface area contributed by atoms with Crippen LogP contribution in [0.5, 0.6) is 0 Å². The average molecular weight is 341 g/mol. The van der Waals surface area contributed by atoms with E-state index >= 15 is 0 Å². The molecule has 7 nitrogen and oxygen atoms in total. The van der Waals surface area contributed by atoms with Gasteiger partial charge in [-0.15, -0.1) is 12.4 Å². The Balaban J connectivity index is 0.00000264. The van der Waals surface area contributed by atoms with Gasteiger partial charge in [-0.2, -0.15) is 0 Å². The third-order valence-corrected chi connectivity index (χ3v) is 3.74. The number of hydrogen-bond donors (Lipinski definition) is 3. The number of carbonyl (C=O) groups excluding carboxylic acids is 3. The van der Waals surface area contributed by atoms with Crippen LogP contribution in [-0.2, 0) is 9.59 Å². The first-order valence-electron chi connectivity index (χ1n) is 7.02. The normalized spacial score (nSPS) is 17.3. The van der Waals surface area contributed by atoms with Gasteiger partial charge in [0.2, 0.25) is 5.91 Å². The van der Waals surface area contributed by atoms with Crippen molar-refractivity contribution in [1.29, 1.82) is 0 Å². The van der Waals surface area contributed by atoms with Gasteiger partial charge in [-0.05, 0) is 19.4 Å². The highest BCUT2D eigenvalue weighted by molar-refractivity contribution is 6.07. The van der Waals surface area contributed by atoms with E-state index in [9.17, 15) is 14.4 Å². The Morgan fingerprint density at radius 1 is 1.30 bits per heavy atom. The lowest BCUT2D eigenvalue weighted by atomic mass is 10.0. The second-order valence-corrected chi connectivity index (χ2v) is 5.73. The summed E-state index contributed by atoms with van der Waals surface area (Å²) in [5, 5.41) is 4.88. The van der Waals surface area contributed by atoms with Crippen LogP contribution < -0.4 is 16.4 Å². The Labute approximate surface area is 141 Å². The fraction of sp³-hybridized carbons (Fsp3) is 0.400. The van der Waals surface area contributed by atoms with Crippen molar-refractivity contribution in [1.82, 2.24) is 15.5 Å². The molecule has 4 amide bonds. The Bertz CT molecular complexity index is 592. The van der Waals surface area contributed by atoms with Gasteiger partial charge in [0.05, 0.1) is 0 Å². The largest absolute Gasteiger partial charge is 0.353 e. The van der Waals surface area contributed by atoms with Gasteiger partial charge in [0.1, 0.15) is 12.1 Å². The summed E-state index contributed by atoms with van der Waals surface area (Å²) in [6.45, 7) is 3.26. The summed E-state index contributed by atoms with van der Waals surface area (Å²) in [6, 6.07) is 8.52. The highest BCUT2D eigenvalue weighted by atomic mass is 35.5. The number of nitrogens with two attached hydrogens (primary N) is 1. The SMILES string of the molecule is CC1(C)C(=O)NC(=O)N1CC(=O)NCC(N)c1ccccc1.Cl. The molecular formula is C15H21ClN4O3. The number of nitrogens with one attached hydrogen (secondary N) is 2. The molecule has 0 bridgehead atoms. The fourth-order valence-electron chi connectivity index (χ4n) is 2.20. The second kappa shape index (κ2) is 7.43. The van der Waals surface area contributed by atoms with Crippen LogP contribution in [0.25, 0.3) is 0 Å². The molecule has 1 heterocycles. The van der Waals surface area contributed by atoms with Crippen molar-refractivity contribution in [3.05, 3.63) is 35.9 Å². The molecule has 1 unspecified atom stereocenters. The van der Waals surface area contributed by atoms with E-state index in [-0.39, 0.29) is 37.4 Å². The third-order valence-electron chi connectivity index (χ3n) is 3.74. The number of nitrogens with zero attached hydrogens (tertiary/aromatic N) is 1. The highest BCUT2D eigenvalue weighted by Gasteiger charge is 2.46. The monoisotopic (exact) mass is 340 g/mol. The first-order chi connectivity index (χ1) is 10.3. The summed E-state index contributed by atoms with van der Waals surface area (Å²) in [5.74, 6) is -0.768. The van der Waals surface area contributed by atoms with E-state index in [1.165, 1.54) is 4.90 Å². The molecular weight excluding hydrogens is 320 g/mol. The van der Waals surface area contributed by atoms with Crippen LogP contribution in [0.15, 0.2) is 30.3 Å². The van der Waals surface area contributed by atoms with E-state index in [1.807, 2.05) is 30.3 Å². The quantitative estimate of drug-likeness (QED) is 0.681. The lowest BCUT2D eigenvalue weighted by Crippen LogP contribution is -2.49. The van der Waals surface area contributed by atoms with Crippen LogP contribution in [0.4, 0.5) is 4.79 Å². The minimum absolute atomic E-state index is 0. The maximum atomic E-state index is 12.0. The number of benzene rings is 1. The molecule has 1 fully saturated rings. The zero-order valence-corrected chi connectivity index (χ0v) is 13.9. The molecule has 1 aliphatic rings. The summed E-state index contributed by atoms with van der Waals surface area (Å²) >= 11 is 0. The third kappa shape index (κ3) is 4.20. The summed E-state index contributed by atoms with van der Waals surface area (Å²) in [4.78, 5) is 36.5. The zero-order valence-electron chi connectivity index (χ0n) is 13.0. The van der Waals surface area contributed by atoms with Crippen molar-refractivity contribution in [2.24, 2.45) is 5.73 Å². The molecule has 4 N–H and O–H groups in total. The Morgan fingerprint density at radius 3 is 2.43 bits per heavy atom. The summed E-state index contributed by atoms with van der Waals surface area (Å²) < 4.78 is 0. The second-order valence-electron chi connectivity index (χ2n) is 5.73. The molecule has 1 aliphatic heterocycles. The summed E-state index contributed by atoms with van der Waals surface area (Å²) in [7, 11) is 0. The molecule has 0 aromatic heterocycles. The number of amides is 4. The number of halogens is 1. The summed E-state index contributed by atoms with van der Waals surface area (Å²) in [6.07, 6.45) is 0. The minimum atomic E-state index is -1.03.